The van der Waals surface area contributed by atoms with Crippen LogP contribution in [0.15, 0.2) is 49.2 Å². The smallest absolute Gasteiger partial charge is 0.256 e. The van der Waals surface area contributed by atoms with Gasteiger partial charge in [0.1, 0.15) is 11.4 Å². The van der Waals surface area contributed by atoms with Gasteiger partial charge < -0.3 is 10.6 Å². The van der Waals surface area contributed by atoms with Gasteiger partial charge in [-0.3, -0.25) is 9.59 Å². The Kier molecular flexibility index (Phi) is 4.50. The van der Waals surface area contributed by atoms with E-state index in [1.165, 1.54) is 17.8 Å². The van der Waals surface area contributed by atoms with E-state index in [0.29, 0.717) is 17.9 Å². The number of carbonyl (C=O) groups excluding carboxylic acids is 2. The summed E-state index contributed by atoms with van der Waals surface area (Å²) < 4.78 is 1.52. The van der Waals surface area contributed by atoms with Crippen LogP contribution in [0.25, 0.3) is 5.69 Å². The molecule has 6 nitrogen and oxygen atoms in total. The highest BCUT2D eigenvalue weighted by atomic mass is 16.2. The molecule has 0 bridgehead atoms. The van der Waals surface area contributed by atoms with E-state index in [2.05, 4.69) is 22.3 Å². The normalized spacial score (nSPS) is 9.95. The van der Waals surface area contributed by atoms with E-state index in [0.717, 1.165) is 5.69 Å². The molecule has 2 amide bonds. The predicted octanol–water partition coefficient (Wildman–Crippen LogP) is 1.75. The molecular formula is C15H16N4O2. The third-order valence-corrected chi connectivity index (χ3v) is 2.72. The van der Waals surface area contributed by atoms with Crippen LogP contribution in [0.2, 0.25) is 0 Å². The van der Waals surface area contributed by atoms with Crippen molar-refractivity contribution >= 4 is 17.6 Å². The Morgan fingerprint density at radius 2 is 2.05 bits per heavy atom. The summed E-state index contributed by atoms with van der Waals surface area (Å²) in [5.41, 5.74) is 1.06. The average Bonchev–Trinajstić information content (AvgIpc) is 2.88. The molecule has 2 N–H and O–H groups in total. The van der Waals surface area contributed by atoms with Gasteiger partial charge in [-0.15, -0.1) is 6.58 Å². The first-order chi connectivity index (χ1) is 10.1. The molecule has 0 aliphatic heterocycles. The first-order valence-corrected chi connectivity index (χ1v) is 6.43. The number of aromatic nitrogens is 2. The fourth-order valence-corrected chi connectivity index (χ4v) is 1.83. The summed E-state index contributed by atoms with van der Waals surface area (Å²) in [7, 11) is 0. The third-order valence-electron chi connectivity index (χ3n) is 2.72. The Labute approximate surface area is 122 Å². The maximum atomic E-state index is 12.1. The van der Waals surface area contributed by atoms with Crippen molar-refractivity contribution in [2.75, 3.05) is 11.9 Å². The quantitative estimate of drug-likeness (QED) is 0.821. The molecule has 2 rings (SSSR count). The summed E-state index contributed by atoms with van der Waals surface area (Å²) in [4.78, 5) is 23.5. The number of benzene rings is 1. The largest absolute Gasteiger partial charge is 0.348 e. The van der Waals surface area contributed by atoms with Crippen LogP contribution in [0.5, 0.6) is 0 Å². The fourth-order valence-electron chi connectivity index (χ4n) is 1.83. The lowest BCUT2D eigenvalue weighted by Gasteiger charge is -2.09. The second kappa shape index (κ2) is 6.51. The molecule has 0 aliphatic carbocycles. The van der Waals surface area contributed by atoms with Gasteiger partial charge in [-0.25, -0.2) is 4.68 Å². The minimum atomic E-state index is -0.319. The Hall–Kier alpha value is -2.89. The average molecular weight is 284 g/mol. The Morgan fingerprint density at radius 1 is 1.33 bits per heavy atom. The molecule has 0 fully saturated rings. The Morgan fingerprint density at radius 3 is 2.67 bits per heavy atom. The van der Waals surface area contributed by atoms with Gasteiger partial charge in [-0.05, 0) is 12.1 Å². The van der Waals surface area contributed by atoms with E-state index in [9.17, 15) is 9.59 Å². The van der Waals surface area contributed by atoms with Crippen molar-refractivity contribution in [2.45, 2.75) is 6.92 Å². The number of nitrogens with zero attached hydrogens (tertiary/aromatic N) is 2. The van der Waals surface area contributed by atoms with Crippen molar-refractivity contribution in [1.29, 1.82) is 0 Å². The first-order valence-electron chi connectivity index (χ1n) is 6.43. The van der Waals surface area contributed by atoms with E-state index in [4.69, 9.17) is 0 Å². The van der Waals surface area contributed by atoms with Gasteiger partial charge in [0.2, 0.25) is 5.91 Å². The molecule has 108 valence electrons. The third kappa shape index (κ3) is 3.36. The summed E-state index contributed by atoms with van der Waals surface area (Å²) >= 11 is 0. The Bertz CT molecular complexity index is 662. The van der Waals surface area contributed by atoms with Crippen LogP contribution in [-0.4, -0.2) is 28.1 Å². The molecule has 0 saturated carbocycles. The van der Waals surface area contributed by atoms with E-state index in [1.807, 2.05) is 30.3 Å². The zero-order valence-corrected chi connectivity index (χ0v) is 11.7. The molecule has 0 aliphatic rings. The molecule has 0 radical (unpaired) electrons. The minimum absolute atomic E-state index is 0.273. The SMILES string of the molecule is C=CCNC(=O)c1cnn(-c2ccccc2)c1NC(C)=O. The van der Waals surface area contributed by atoms with Gasteiger partial charge in [0.05, 0.1) is 11.9 Å². The fraction of sp³-hybridized carbons (Fsp3) is 0.133. The Balaban J connectivity index is 2.42. The van der Waals surface area contributed by atoms with Gasteiger partial charge in [0.25, 0.3) is 5.91 Å². The number of para-hydroxylation sites is 1. The van der Waals surface area contributed by atoms with Gasteiger partial charge >= 0.3 is 0 Å². The van der Waals surface area contributed by atoms with E-state index in [-0.39, 0.29) is 11.8 Å². The van der Waals surface area contributed by atoms with Gasteiger partial charge in [0, 0.05) is 13.5 Å². The van der Waals surface area contributed by atoms with Crippen molar-refractivity contribution < 1.29 is 9.59 Å². The zero-order valence-electron chi connectivity index (χ0n) is 11.7. The molecule has 1 heterocycles. The van der Waals surface area contributed by atoms with Crippen molar-refractivity contribution in [3.63, 3.8) is 0 Å². The van der Waals surface area contributed by atoms with Crippen molar-refractivity contribution in [3.8, 4) is 5.69 Å². The topological polar surface area (TPSA) is 76.0 Å². The number of anilines is 1. The highest BCUT2D eigenvalue weighted by Gasteiger charge is 2.18. The van der Waals surface area contributed by atoms with E-state index < -0.39 is 0 Å². The number of nitrogens with one attached hydrogen (secondary N) is 2. The molecule has 21 heavy (non-hydrogen) atoms. The summed E-state index contributed by atoms with van der Waals surface area (Å²) in [5, 5.41) is 9.50. The molecule has 1 aromatic heterocycles. The van der Waals surface area contributed by atoms with Gasteiger partial charge in [-0.1, -0.05) is 24.3 Å². The summed E-state index contributed by atoms with van der Waals surface area (Å²) in [5.74, 6) is -0.249. The van der Waals surface area contributed by atoms with Gasteiger partial charge in [0.15, 0.2) is 0 Å². The highest BCUT2D eigenvalue weighted by molar-refractivity contribution is 6.02. The standard InChI is InChI=1S/C15H16N4O2/c1-3-9-16-15(21)13-10-17-19(14(13)18-11(2)20)12-7-5-4-6-8-12/h3-8,10H,1,9H2,2H3,(H,16,21)(H,18,20). The summed E-state index contributed by atoms with van der Waals surface area (Å²) in [6.45, 7) is 5.27. The van der Waals surface area contributed by atoms with Crippen molar-refractivity contribution in [2.24, 2.45) is 0 Å². The first kappa shape index (κ1) is 14.5. The lowest BCUT2D eigenvalue weighted by atomic mass is 10.2. The van der Waals surface area contributed by atoms with Crippen LogP contribution >= 0.6 is 0 Å². The van der Waals surface area contributed by atoms with Crippen LogP contribution in [-0.2, 0) is 4.79 Å². The second-order valence-electron chi connectivity index (χ2n) is 4.33. The predicted molar refractivity (Wildman–Crippen MR) is 80.4 cm³/mol. The monoisotopic (exact) mass is 284 g/mol. The van der Waals surface area contributed by atoms with E-state index in [1.54, 1.807) is 6.08 Å². The van der Waals surface area contributed by atoms with Crippen LogP contribution in [0.3, 0.4) is 0 Å². The number of rotatable bonds is 5. The number of carbonyl (C=O) groups is 2. The molecule has 0 saturated heterocycles. The summed E-state index contributed by atoms with van der Waals surface area (Å²) in [6.07, 6.45) is 3.01. The van der Waals surface area contributed by atoms with Crippen molar-refractivity contribution in [1.82, 2.24) is 15.1 Å². The van der Waals surface area contributed by atoms with Crippen LogP contribution in [0, 0.1) is 0 Å². The van der Waals surface area contributed by atoms with Crippen LogP contribution in [0.4, 0.5) is 5.82 Å². The minimum Gasteiger partial charge on any atom is -0.348 e. The number of hydrogen-bond donors (Lipinski definition) is 2. The zero-order chi connectivity index (χ0) is 15.2. The highest BCUT2D eigenvalue weighted by Crippen LogP contribution is 2.20. The molecule has 0 atom stereocenters. The van der Waals surface area contributed by atoms with Crippen LogP contribution in [0.1, 0.15) is 17.3 Å². The van der Waals surface area contributed by atoms with Crippen LogP contribution < -0.4 is 10.6 Å². The maximum absolute atomic E-state index is 12.1. The lowest BCUT2D eigenvalue weighted by Crippen LogP contribution is -2.24. The molecule has 6 heteroatoms. The maximum Gasteiger partial charge on any atom is 0.256 e. The summed E-state index contributed by atoms with van der Waals surface area (Å²) in [6, 6.07) is 9.26. The number of amides is 2. The number of hydrogen-bond acceptors (Lipinski definition) is 3. The molecule has 0 spiro atoms. The lowest BCUT2D eigenvalue weighted by molar-refractivity contribution is -0.114. The second-order valence-corrected chi connectivity index (χ2v) is 4.33. The van der Waals surface area contributed by atoms with E-state index >= 15 is 0 Å². The molecular weight excluding hydrogens is 268 g/mol. The molecule has 0 unspecified atom stereocenters. The van der Waals surface area contributed by atoms with Crippen molar-refractivity contribution in [3.05, 3.63) is 54.7 Å². The molecule has 1 aromatic carbocycles. The molecule has 2 aromatic rings. The van der Waals surface area contributed by atoms with Gasteiger partial charge in [-0.2, -0.15) is 5.10 Å².